The van der Waals surface area contributed by atoms with Gasteiger partial charge in [0.25, 0.3) is 0 Å². The van der Waals surface area contributed by atoms with E-state index in [0.717, 1.165) is 50.0 Å². The Balaban J connectivity index is 1.46. The van der Waals surface area contributed by atoms with Crippen LogP contribution in [0.25, 0.3) is 5.70 Å². The smallest absolute Gasteiger partial charge is 0.219 e. The average Bonchev–Trinajstić information content (AvgIpc) is 2.64. The molecule has 1 aliphatic carbocycles. The van der Waals surface area contributed by atoms with Crippen molar-refractivity contribution in [3.05, 3.63) is 60.3 Å². The van der Waals surface area contributed by atoms with Crippen LogP contribution >= 0.6 is 0 Å². The molecule has 4 N–H and O–H groups in total. The molecular weight excluding hydrogens is 326 g/mol. The lowest BCUT2D eigenvalue weighted by Gasteiger charge is -2.26. The Morgan fingerprint density at radius 1 is 1.23 bits per heavy atom. The molecule has 1 fully saturated rings. The summed E-state index contributed by atoms with van der Waals surface area (Å²) in [5, 5.41) is 13.3. The van der Waals surface area contributed by atoms with Crippen LogP contribution in [0, 0.1) is 0 Å². The van der Waals surface area contributed by atoms with E-state index in [9.17, 15) is 5.11 Å². The molecule has 0 saturated heterocycles. The second-order valence-electron chi connectivity index (χ2n) is 6.88. The molecule has 1 heterocycles. The van der Waals surface area contributed by atoms with Gasteiger partial charge in [-0.1, -0.05) is 18.7 Å². The molecule has 5 heteroatoms. The molecular formula is C21H27N3O2. The van der Waals surface area contributed by atoms with E-state index in [1.165, 1.54) is 5.56 Å². The van der Waals surface area contributed by atoms with Gasteiger partial charge in [0.1, 0.15) is 5.75 Å². The van der Waals surface area contributed by atoms with Crippen LogP contribution in [0.4, 0.5) is 0 Å². The average molecular weight is 353 g/mol. The normalized spacial score (nSPS) is 19.9. The lowest BCUT2D eigenvalue weighted by Crippen LogP contribution is -2.37. The van der Waals surface area contributed by atoms with Gasteiger partial charge in [-0.3, -0.25) is 0 Å². The number of pyridine rings is 1. The molecule has 1 aliphatic rings. The topological polar surface area (TPSA) is 80.4 Å². The molecule has 0 aliphatic heterocycles. The van der Waals surface area contributed by atoms with Gasteiger partial charge >= 0.3 is 0 Å². The van der Waals surface area contributed by atoms with E-state index >= 15 is 0 Å². The summed E-state index contributed by atoms with van der Waals surface area (Å²) in [5.41, 5.74) is 8.18. The highest BCUT2D eigenvalue weighted by Crippen LogP contribution is 2.21. The van der Waals surface area contributed by atoms with Crippen molar-refractivity contribution >= 4 is 5.70 Å². The summed E-state index contributed by atoms with van der Waals surface area (Å²) >= 11 is 0. The summed E-state index contributed by atoms with van der Waals surface area (Å²) in [4.78, 5) is 4.23. The number of aliphatic hydroxyl groups is 1. The number of benzene rings is 1. The summed E-state index contributed by atoms with van der Waals surface area (Å²) in [6.45, 7) is 4.61. The lowest BCUT2D eigenvalue weighted by molar-refractivity contribution is 0.112. The largest absolute Gasteiger partial charge is 0.439 e. The molecule has 1 aromatic heterocycles. The standard InChI is InChI=1S/C21H27N3O2/c1-15(22)17-7-10-21(24-14-17)26-20-8-5-16(6-9-20)11-12-23-18-3-2-4-19(25)13-18/h5-10,14,18-19,23,25H,1-4,11-13,22H2/t18-,19-/m0/s1. The van der Waals surface area contributed by atoms with Crippen LogP contribution in [0.1, 0.15) is 36.8 Å². The number of nitrogens with two attached hydrogens (primary N) is 1. The summed E-state index contributed by atoms with van der Waals surface area (Å²) in [5.74, 6) is 1.28. The first-order valence-corrected chi connectivity index (χ1v) is 9.19. The Bertz CT molecular complexity index is 713. The van der Waals surface area contributed by atoms with Crippen molar-refractivity contribution in [1.82, 2.24) is 10.3 Å². The lowest BCUT2D eigenvalue weighted by atomic mass is 9.93. The van der Waals surface area contributed by atoms with Gasteiger partial charge in [-0.05, 0) is 62.4 Å². The van der Waals surface area contributed by atoms with E-state index in [4.69, 9.17) is 10.5 Å². The highest BCUT2D eigenvalue weighted by atomic mass is 16.5. The zero-order valence-electron chi connectivity index (χ0n) is 15.0. The van der Waals surface area contributed by atoms with Gasteiger partial charge in [-0.25, -0.2) is 4.98 Å². The molecule has 138 valence electrons. The molecule has 2 aromatic rings. The van der Waals surface area contributed by atoms with Crippen molar-refractivity contribution in [3.8, 4) is 11.6 Å². The Hall–Kier alpha value is -2.37. The van der Waals surface area contributed by atoms with Crippen LogP contribution in [0.5, 0.6) is 11.6 Å². The number of aromatic nitrogens is 1. The van der Waals surface area contributed by atoms with Crippen LogP contribution in [0.15, 0.2) is 49.2 Å². The van der Waals surface area contributed by atoms with Crippen LogP contribution in [-0.2, 0) is 6.42 Å². The van der Waals surface area contributed by atoms with E-state index in [0.29, 0.717) is 17.6 Å². The fourth-order valence-electron chi connectivity index (χ4n) is 3.25. The molecule has 0 unspecified atom stereocenters. The molecule has 0 bridgehead atoms. The Kier molecular flexibility index (Phi) is 6.26. The predicted molar refractivity (Wildman–Crippen MR) is 104 cm³/mol. The third-order valence-corrected chi connectivity index (χ3v) is 4.75. The van der Waals surface area contributed by atoms with E-state index in [-0.39, 0.29) is 6.10 Å². The third kappa shape index (κ3) is 5.31. The zero-order valence-corrected chi connectivity index (χ0v) is 15.0. The van der Waals surface area contributed by atoms with Crippen molar-refractivity contribution in [1.29, 1.82) is 0 Å². The highest BCUT2D eigenvalue weighted by molar-refractivity contribution is 5.59. The van der Waals surface area contributed by atoms with Gasteiger partial charge in [-0.2, -0.15) is 0 Å². The van der Waals surface area contributed by atoms with Gasteiger partial charge in [-0.15, -0.1) is 0 Å². The summed E-state index contributed by atoms with van der Waals surface area (Å²) in [7, 11) is 0. The SMILES string of the molecule is C=C(N)c1ccc(Oc2ccc(CCN[C@H]3CCC[C@H](O)C3)cc2)nc1. The second kappa shape index (κ2) is 8.83. The Morgan fingerprint density at radius 3 is 2.69 bits per heavy atom. The number of aliphatic hydroxyl groups excluding tert-OH is 1. The summed E-state index contributed by atoms with van der Waals surface area (Å²) in [6, 6.07) is 12.1. The number of nitrogens with zero attached hydrogens (tertiary/aromatic N) is 1. The van der Waals surface area contributed by atoms with Gasteiger partial charge < -0.3 is 20.9 Å². The number of rotatable bonds is 7. The molecule has 2 atom stereocenters. The molecule has 26 heavy (non-hydrogen) atoms. The highest BCUT2D eigenvalue weighted by Gasteiger charge is 2.19. The molecule has 0 amide bonds. The van der Waals surface area contributed by atoms with E-state index in [2.05, 4.69) is 29.0 Å². The summed E-state index contributed by atoms with van der Waals surface area (Å²) < 4.78 is 5.75. The van der Waals surface area contributed by atoms with Crippen LogP contribution in [-0.4, -0.2) is 28.8 Å². The number of hydrogen-bond donors (Lipinski definition) is 3. The zero-order chi connectivity index (χ0) is 18.4. The first-order chi connectivity index (χ1) is 12.6. The molecule has 3 rings (SSSR count). The fourth-order valence-corrected chi connectivity index (χ4v) is 3.25. The van der Waals surface area contributed by atoms with Crippen molar-refractivity contribution in [2.45, 2.75) is 44.2 Å². The second-order valence-corrected chi connectivity index (χ2v) is 6.88. The van der Waals surface area contributed by atoms with E-state index < -0.39 is 0 Å². The van der Waals surface area contributed by atoms with Gasteiger partial charge in [0.2, 0.25) is 5.88 Å². The fraction of sp³-hybridized carbons (Fsp3) is 0.381. The Labute approximate surface area is 154 Å². The monoisotopic (exact) mass is 353 g/mol. The number of ether oxygens (including phenoxy) is 1. The minimum atomic E-state index is -0.136. The molecule has 1 aromatic carbocycles. The quantitative estimate of drug-likeness (QED) is 0.712. The third-order valence-electron chi connectivity index (χ3n) is 4.75. The van der Waals surface area contributed by atoms with E-state index in [1.807, 2.05) is 18.2 Å². The Morgan fingerprint density at radius 2 is 2.04 bits per heavy atom. The summed E-state index contributed by atoms with van der Waals surface area (Å²) in [6.07, 6.45) is 6.56. The van der Waals surface area contributed by atoms with Crippen molar-refractivity contribution in [2.24, 2.45) is 5.73 Å². The maximum absolute atomic E-state index is 9.72. The number of nitrogens with one attached hydrogen (secondary N) is 1. The maximum atomic E-state index is 9.72. The molecule has 0 radical (unpaired) electrons. The molecule has 0 spiro atoms. The first-order valence-electron chi connectivity index (χ1n) is 9.19. The van der Waals surface area contributed by atoms with Crippen molar-refractivity contribution in [2.75, 3.05) is 6.54 Å². The van der Waals surface area contributed by atoms with Crippen LogP contribution in [0.2, 0.25) is 0 Å². The van der Waals surface area contributed by atoms with Gasteiger partial charge in [0.05, 0.1) is 6.10 Å². The van der Waals surface area contributed by atoms with Crippen LogP contribution < -0.4 is 15.8 Å². The molecule has 1 saturated carbocycles. The van der Waals surface area contributed by atoms with E-state index in [1.54, 1.807) is 12.3 Å². The first kappa shape index (κ1) is 18.4. The minimum Gasteiger partial charge on any atom is -0.439 e. The predicted octanol–water partition coefficient (Wildman–Crippen LogP) is 3.24. The van der Waals surface area contributed by atoms with Gasteiger partial charge in [0, 0.05) is 29.6 Å². The van der Waals surface area contributed by atoms with Gasteiger partial charge in [0.15, 0.2) is 0 Å². The van der Waals surface area contributed by atoms with Crippen LogP contribution in [0.3, 0.4) is 0 Å². The van der Waals surface area contributed by atoms with Crippen molar-refractivity contribution < 1.29 is 9.84 Å². The minimum absolute atomic E-state index is 0.136. The van der Waals surface area contributed by atoms with Crippen molar-refractivity contribution in [3.63, 3.8) is 0 Å². The number of hydrogen-bond acceptors (Lipinski definition) is 5. The molecule has 5 nitrogen and oxygen atoms in total. The maximum Gasteiger partial charge on any atom is 0.219 e.